The minimum atomic E-state index is -0.248. The molecule has 0 radical (unpaired) electrons. The predicted octanol–water partition coefficient (Wildman–Crippen LogP) is 2.02. The molecule has 3 heterocycles. The fourth-order valence-corrected chi connectivity index (χ4v) is 3.13. The second kappa shape index (κ2) is 7.81. The smallest absolute Gasteiger partial charge is 0.318 e. The average Bonchev–Trinajstić information content (AvgIpc) is 3.33. The van der Waals surface area contributed by atoms with E-state index in [9.17, 15) is 9.59 Å². The van der Waals surface area contributed by atoms with E-state index in [1.54, 1.807) is 4.90 Å². The lowest BCUT2D eigenvalue weighted by atomic mass is 10.1. The second-order valence-electron chi connectivity index (χ2n) is 7.75. The molecule has 1 saturated heterocycles. The summed E-state index contributed by atoms with van der Waals surface area (Å²) in [5, 5.41) is 2.93. The monoisotopic (exact) mass is 375 g/mol. The first-order valence-corrected chi connectivity index (χ1v) is 8.90. The van der Waals surface area contributed by atoms with Crippen LogP contribution in [-0.2, 0) is 17.9 Å². The maximum atomic E-state index is 12.7. The molecule has 1 aliphatic rings. The molecule has 3 rings (SSSR count). The summed E-state index contributed by atoms with van der Waals surface area (Å²) in [5.74, 6) is 0.227. The van der Waals surface area contributed by atoms with E-state index in [1.807, 2.05) is 25.7 Å². The van der Waals surface area contributed by atoms with Gasteiger partial charge in [-0.3, -0.25) is 4.79 Å². The molecule has 1 aliphatic heterocycles. The summed E-state index contributed by atoms with van der Waals surface area (Å²) in [6, 6.07) is -0.248. The van der Waals surface area contributed by atoms with Crippen molar-refractivity contribution in [3.63, 3.8) is 0 Å². The zero-order chi connectivity index (χ0) is 19.4. The van der Waals surface area contributed by atoms with Crippen LogP contribution in [0.5, 0.6) is 0 Å². The summed E-state index contributed by atoms with van der Waals surface area (Å²) >= 11 is 0. The Bertz CT molecular complexity index is 715. The standard InChI is InChI=1S/C18H25N5O4/c1-18(2,3)23-6-13(4-16(23)24)5-19-17(25)22(7-14-9-26-11-20-14)8-15-10-27-12-21-15/h9-13H,4-8H2,1-3H3,(H,19,25)/t13-/m1/s1. The van der Waals surface area contributed by atoms with Crippen molar-refractivity contribution in [2.75, 3.05) is 13.1 Å². The number of hydrogen-bond acceptors (Lipinski definition) is 6. The van der Waals surface area contributed by atoms with Crippen molar-refractivity contribution in [2.24, 2.45) is 5.92 Å². The van der Waals surface area contributed by atoms with Gasteiger partial charge in [-0.1, -0.05) is 0 Å². The predicted molar refractivity (Wildman–Crippen MR) is 95.2 cm³/mol. The largest absolute Gasteiger partial charge is 0.451 e. The van der Waals surface area contributed by atoms with Gasteiger partial charge in [0.25, 0.3) is 0 Å². The van der Waals surface area contributed by atoms with Crippen LogP contribution in [0.4, 0.5) is 4.79 Å². The Morgan fingerprint density at radius 1 is 1.22 bits per heavy atom. The maximum absolute atomic E-state index is 12.7. The number of oxazole rings is 2. The van der Waals surface area contributed by atoms with Crippen LogP contribution in [0.25, 0.3) is 0 Å². The third-order valence-electron chi connectivity index (χ3n) is 4.52. The molecule has 0 spiro atoms. The summed E-state index contributed by atoms with van der Waals surface area (Å²) in [6.07, 6.45) is 6.10. The molecule has 2 aromatic rings. The Balaban J connectivity index is 1.58. The van der Waals surface area contributed by atoms with Gasteiger partial charge in [-0.2, -0.15) is 0 Å². The Labute approximate surface area is 157 Å². The number of likely N-dealkylation sites (tertiary alicyclic amines) is 1. The SMILES string of the molecule is CC(C)(C)N1C[C@@H](CNC(=O)N(Cc2cocn2)Cc2cocn2)CC1=O. The van der Waals surface area contributed by atoms with Crippen LogP contribution >= 0.6 is 0 Å². The molecule has 9 heteroatoms. The third-order valence-corrected chi connectivity index (χ3v) is 4.52. The van der Waals surface area contributed by atoms with Crippen LogP contribution in [0.1, 0.15) is 38.6 Å². The van der Waals surface area contributed by atoms with Crippen molar-refractivity contribution in [3.05, 3.63) is 36.7 Å². The summed E-state index contributed by atoms with van der Waals surface area (Å²) in [4.78, 5) is 36.5. The number of hydrogen-bond donors (Lipinski definition) is 1. The summed E-state index contributed by atoms with van der Waals surface area (Å²) in [5.41, 5.74) is 1.08. The van der Waals surface area contributed by atoms with Crippen LogP contribution in [-0.4, -0.2) is 50.3 Å². The first-order valence-electron chi connectivity index (χ1n) is 8.90. The quantitative estimate of drug-likeness (QED) is 0.828. The van der Waals surface area contributed by atoms with Gasteiger partial charge in [0.05, 0.1) is 24.5 Å². The van der Waals surface area contributed by atoms with Gasteiger partial charge in [-0.25, -0.2) is 14.8 Å². The Kier molecular flexibility index (Phi) is 5.48. The molecule has 1 atom stereocenters. The lowest BCUT2D eigenvalue weighted by Crippen LogP contribution is -2.44. The van der Waals surface area contributed by atoms with E-state index >= 15 is 0 Å². The van der Waals surface area contributed by atoms with E-state index in [0.29, 0.717) is 30.9 Å². The van der Waals surface area contributed by atoms with Crippen molar-refractivity contribution in [2.45, 2.75) is 45.8 Å². The molecule has 0 bridgehead atoms. The number of nitrogens with one attached hydrogen (secondary N) is 1. The van der Waals surface area contributed by atoms with Crippen molar-refractivity contribution in [3.8, 4) is 0 Å². The molecule has 0 aromatic carbocycles. The zero-order valence-corrected chi connectivity index (χ0v) is 15.8. The van der Waals surface area contributed by atoms with Crippen LogP contribution < -0.4 is 5.32 Å². The normalized spacial score (nSPS) is 17.4. The van der Waals surface area contributed by atoms with Gasteiger partial charge in [0.15, 0.2) is 12.8 Å². The summed E-state index contributed by atoms with van der Waals surface area (Å²) < 4.78 is 9.96. The van der Waals surface area contributed by atoms with Crippen LogP contribution in [0, 0.1) is 5.92 Å². The maximum Gasteiger partial charge on any atom is 0.318 e. The molecular weight excluding hydrogens is 350 g/mol. The van der Waals surface area contributed by atoms with Gasteiger partial charge < -0.3 is 24.0 Å². The zero-order valence-electron chi connectivity index (χ0n) is 15.8. The lowest BCUT2D eigenvalue weighted by molar-refractivity contribution is -0.131. The fraction of sp³-hybridized carbons (Fsp3) is 0.556. The molecule has 27 heavy (non-hydrogen) atoms. The molecule has 1 N–H and O–H groups in total. The molecule has 9 nitrogen and oxygen atoms in total. The summed E-state index contributed by atoms with van der Waals surface area (Å²) in [7, 11) is 0. The molecule has 2 aromatic heterocycles. The van der Waals surface area contributed by atoms with Crippen molar-refractivity contribution in [1.29, 1.82) is 0 Å². The number of aromatic nitrogens is 2. The molecule has 0 saturated carbocycles. The highest BCUT2D eigenvalue weighted by Gasteiger charge is 2.36. The van der Waals surface area contributed by atoms with Crippen molar-refractivity contribution in [1.82, 2.24) is 25.1 Å². The number of amides is 3. The van der Waals surface area contributed by atoms with Gasteiger partial charge in [0, 0.05) is 31.0 Å². The topological polar surface area (TPSA) is 105 Å². The van der Waals surface area contributed by atoms with E-state index in [4.69, 9.17) is 8.83 Å². The number of carbonyl (C=O) groups excluding carboxylic acids is 2. The second-order valence-corrected chi connectivity index (χ2v) is 7.75. The van der Waals surface area contributed by atoms with E-state index in [2.05, 4.69) is 15.3 Å². The fourth-order valence-electron chi connectivity index (χ4n) is 3.13. The van der Waals surface area contributed by atoms with Crippen LogP contribution in [0.15, 0.2) is 34.1 Å². The lowest BCUT2D eigenvalue weighted by Gasteiger charge is -2.32. The first-order chi connectivity index (χ1) is 12.8. The molecule has 1 fully saturated rings. The molecular formula is C18H25N5O4. The van der Waals surface area contributed by atoms with Gasteiger partial charge in [0.2, 0.25) is 5.91 Å². The molecule has 3 amide bonds. The van der Waals surface area contributed by atoms with Crippen molar-refractivity contribution < 1.29 is 18.4 Å². The molecule has 0 unspecified atom stereocenters. The van der Waals surface area contributed by atoms with Crippen LogP contribution in [0.3, 0.4) is 0 Å². The molecule has 0 aliphatic carbocycles. The Morgan fingerprint density at radius 3 is 2.26 bits per heavy atom. The van der Waals surface area contributed by atoms with E-state index < -0.39 is 0 Å². The van der Waals surface area contributed by atoms with Crippen LogP contribution in [0.2, 0.25) is 0 Å². The van der Waals surface area contributed by atoms with Crippen molar-refractivity contribution >= 4 is 11.9 Å². The number of nitrogens with zero attached hydrogens (tertiary/aromatic N) is 4. The average molecular weight is 375 g/mol. The minimum absolute atomic E-state index is 0.0987. The number of carbonyl (C=O) groups is 2. The van der Waals surface area contributed by atoms with E-state index in [-0.39, 0.29) is 36.5 Å². The highest BCUT2D eigenvalue weighted by Crippen LogP contribution is 2.25. The minimum Gasteiger partial charge on any atom is -0.451 e. The van der Waals surface area contributed by atoms with Gasteiger partial charge in [-0.05, 0) is 20.8 Å². The highest BCUT2D eigenvalue weighted by atomic mass is 16.3. The number of rotatable bonds is 6. The van der Waals surface area contributed by atoms with E-state index in [0.717, 1.165) is 0 Å². The summed E-state index contributed by atoms with van der Waals surface area (Å²) in [6.45, 7) is 7.70. The number of urea groups is 1. The molecule has 146 valence electrons. The van der Waals surface area contributed by atoms with Gasteiger partial charge >= 0.3 is 6.03 Å². The highest BCUT2D eigenvalue weighted by molar-refractivity contribution is 5.79. The Morgan fingerprint density at radius 2 is 1.81 bits per heavy atom. The first kappa shape index (κ1) is 18.9. The van der Waals surface area contributed by atoms with Gasteiger partial charge in [0.1, 0.15) is 12.5 Å². The third kappa shape index (κ3) is 4.87. The van der Waals surface area contributed by atoms with E-state index in [1.165, 1.54) is 25.3 Å². The Hall–Kier alpha value is -2.84. The van der Waals surface area contributed by atoms with Gasteiger partial charge in [-0.15, -0.1) is 0 Å².